The molecule has 1 aliphatic rings. The minimum absolute atomic E-state index is 0.0290. The van der Waals surface area contributed by atoms with Gasteiger partial charge in [0.2, 0.25) is 5.91 Å². The number of aryl methyl sites for hydroxylation is 1. The third-order valence-corrected chi connectivity index (χ3v) is 6.99. The molecular weight excluding hydrogens is 398 g/mol. The lowest BCUT2D eigenvalue weighted by molar-refractivity contribution is -0.119. The standard InChI is InChI=1S/C23H25N3O3S/c1-4-18(21(28)25-16-8-6-15(7-9-16)14(3)27)26-12-24-22-20(23(26)29)17-10-5-13(2)11-19(17)30-22/h6-9,12-13,18H,4-5,10-11H2,1-3H3,(H,25,28). The third kappa shape index (κ3) is 3.69. The van der Waals surface area contributed by atoms with Crippen molar-refractivity contribution in [2.24, 2.45) is 5.92 Å². The highest BCUT2D eigenvalue weighted by Crippen LogP contribution is 2.35. The van der Waals surface area contributed by atoms with Gasteiger partial charge in [-0.3, -0.25) is 19.0 Å². The first-order valence-corrected chi connectivity index (χ1v) is 11.1. The molecule has 4 rings (SSSR count). The number of nitrogens with one attached hydrogen (secondary N) is 1. The molecule has 2 unspecified atom stereocenters. The first-order valence-electron chi connectivity index (χ1n) is 10.3. The Labute approximate surface area is 179 Å². The SMILES string of the molecule is CCC(C(=O)Nc1ccc(C(C)=O)cc1)n1cnc2sc3c(c2c1=O)CCC(C)C3. The number of aromatic nitrogens is 2. The van der Waals surface area contributed by atoms with Crippen LogP contribution in [0.25, 0.3) is 10.2 Å². The minimum atomic E-state index is -0.653. The molecule has 0 fully saturated rings. The van der Waals surface area contributed by atoms with Crippen LogP contribution >= 0.6 is 11.3 Å². The number of thiophene rings is 1. The number of Topliss-reactive ketones (excluding diaryl/α,β-unsaturated/α-hetero) is 1. The molecule has 156 valence electrons. The molecule has 0 spiro atoms. The maximum atomic E-state index is 13.3. The fraction of sp³-hybridized carbons (Fsp3) is 0.391. The number of carbonyl (C=O) groups excluding carboxylic acids is 2. The molecule has 1 aliphatic carbocycles. The van der Waals surface area contributed by atoms with Gasteiger partial charge in [0.05, 0.1) is 11.7 Å². The normalized spacial score (nSPS) is 16.8. The van der Waals surface area contributed by atoms with Crippen LogP contribution in [0.3, 0.4) is 0 Å². The molecule has 0 saturated carbocycles. The number of hydrogen-bond donors (Lipinski definition) is 1. The van der Waals surface area contributed by atoms with Gasteiger partial charge in [0.1, 0.15) is 10.9 Å². The number of rotatable bonds is 5. The summed E-state index contributed by atoms with van der Waals surface area (Å²) in [5.41, 5.74) is 2.16. The van der Waals surface area contributed by atoms with E-state index >= 15 is 0 Å². The minimum Gasteiger partial charge on any atom is -0.324 e. The molecule has 1 N–H and O–H groups in total. The van der Waals surface area contributed by atoms with Gasteiger partial charge < -0.3 is 5.32 Å². The van der Waals surface area contributed by atoms with E-state index in [0.717, 1.165) is 29.7 Å². The molecule has 0 saturated heterocycles. The predicted molar refractivity (Wildman–Crippen MR) is 119 cm³/mol. The zero-order chi connectivity index (χ0) is 21.4. The number of carbonyl (C=O) groups is 2. The fourth-order valence-electron chi connectivity index (χ4n) is 4.09. The fourth-order valence-corrected chi connectivity index (χ4v) is 5.43. The summed E-state index contributed by atoms with van der Waals surface area (Å²) in [5.74, 6) is 0.323. The highest BCUT2D eigenvalue weighted by molar-refractivity contribution is 7.18. The molecule has 0 aliphatic heterocycles. The van der Waals surface area contributed by atoms with Crippen LogP contribution < -0.4 is 10.9 Å². The average molecular weight is 424 g/mol. The third-order valence-electron chi connectivity index (χ3n) is 5.82. The Morgan fingerprint density at radius 3 is 2.70 bits per heavy atom. The second-order valence-corrected chi connectivity index (χ2v) is 9.12. The van der Waals surface area contributed by atoms with E-state index in [-0.39, 0.29) is 17.2 Å². The lowest BCUT2D eigenvalue weighted by Crippen LogP contribution is -2.33. The summed E-state index contributed by atoms with van der Waals surface area (Å²) in [6.07, 6.45) is 4.92. The number of benzene rings is 1. The van der Waals surface area contributed by atoms with Crippen molar-refractivity contribution in [3.05, 3.63) is 57.0 Å². The molecule has 1 amide bonds. The van der Waals surface area contributed by atoms with Crippen molar-refractivity contribution >= 4 is 38.9 Å². The summed E-state index contributed by atoms with van der Waals surface area (Å²) < 4.78 is 1.46. The van der Waals surface area contributed by atoms with Crippen molar-refractivity contribution in [1.29, 1.82) is 0 Å². The Bertz CT molecular complexity index is 1180. The monoisotopic (exact) mass is 423 g/mol. The Hall–Kier alpha value is -2.80. The molecule has 2 aromatic heterocycles. The molecule has 3 aromatic rings. The quantitative estimate of drug-likeness (QED) is 0.618. The predicted octanol–water partition coefficient (Wildman–Crippen LogP) is 4.38. The van der Waals surface area contributed by atoms with Crippen molar-refractivity contribution < 1.29 is 9.59 Å². The number of fused-ring (bicyclic) bond motifs is 3. The van der Waals surface area contributed by atoms with Gasteiger partial charge in [0.15, 0.2) is 5.78 Å². The zero-order valence-electron chi connectivity index (χ0n) is 17.4. The van der Waals surface area contributed by atoms with Crippen LogP contribution in [0.5, 0.6) is 0 Å². The van der Waals surface area contributed by atoms with E-state index in [4.69, 9.17) is 0 Å². The Morgan fingerprint density at radius 2 is 2.03 bits per heavy atom. The Kier molecular flexibility index (Phi) is 5.56. The van der Waals surface area contributed by atoms with E-state index in [1.807, 2.05) is 6.92 Å². The van der Waals surface area contributed by atoms with Crippen LogP contribution in [-0.2, 0) is 17.6 Å². The number of hydrogen-bond acceptors (Lipinski definition) is 5. The van der Waals surface area contributed by atoms with E-state index in [2.05, 4.69) is 17.2 Å². The summed E-state index contributed by atoms with van der Waals surface area (Å²) >= 11 is 1.61. The van der Waals surface area contributed by atoms with Gasteiger partial charge in [0.25, 0.3) is 5.56 Å². The van der Waals surface area contributed by atoms with Crippen LogP contribution in [0.4, 0.5) is 5.69 Å². The molecule has 2 atom stereocenters. The number of anilines is 1. The van der Waals surface area contributed by atoms with Gasteiger partial charge in [-0.2, -0.15) is 0 Å². The second kappa shape index (κ2) is 8.14. The first-order chi connectivity index (χ1) is 14.4. The molecule has 0 bridgehead atoms. The van der Waals surface area contributed by atoms with Crippen LogP contribution in [0.1, 0.15) is 60.5 Å². The summed E-state index contributed by atoms with van der Waals surface area (Å²) in [4.78, 5) is 44.3. The van der Waals surface area contributed by atoms with Crippen molar-refractivity contribution in [1.82, 2.24) is 9.55 Å². The van der Waals surface area contributed by atoms with Crippen molar-refractivity contribution in [2.45, 2.75) is 52.5 Å². The molecule has 0 radical (unpaired) electrons. The van der Waals surface area contributed by atoms with E-state index < -0.39 is 6.04 Å². The molecular formula is C23H25N3O3S. The second-order valence-electron chi connectivity index (χ2n) is 8.04. The maximum absolute atomic E-state index is 13.3. The number of nitrogens with zero attached hydrogens (tertiary/aromatic N) is 2. The Balaban J connectivity index is 1.65. The average Bonchev–Trinajstić information content (AvgIpc) is 3.08. The lowest BCUT2D eigenvalue weighted by atomic mass is 9.89. The lowest BCUT2D eigenvalue weighted by Gasteiger charge is -2.19. The van der Waals surface area contributed by atoms with Crippen LogP contribution in [0, 0.1) is 5.92 Å². The summed E-state index contributed by atoms with van der Waals surface area (Å²) in [6.45, 7) is 5.62. The topological polar surface area (TPSA) is 81.1 Å². The number of ketones is 1. The van der Waals surface area contributed by atoms with Gasteiger partial charge in [-0.15, -0.1) is 11.3 Å². The van der Waals surface area contributed by atoms with Gasteiger partial charge in [-0.05, 0) is 68.4 Å². The largest absolute Gasteiger partial charge is 0.324 e. The van der Waals surface area contributed by atoms with E-state index in [1.54, 1.807) is 35.6 Å². The van der Waals surface area contributed by atoms with Gasteiger partial charge in [0, 0.05) is 16.1 Å². The summed E-state index contributed by atoms with van der Waals surface area (Å²) in [6, 6.07) is 6.10. The highest BCUT2D eigenvalue weighted by atomic mass is 32.1. The van der Waals surface area contributed by atoms with Crippen molar-refractivity contribution in [2.75, 3.05) is 5.32 Å². The highest BCUT2D eigenvalue weighted by Gasteiger charge is 2.26. The molecule has 7 heteroatoms. The van der Waals surface area contributed by atoms with Gasteiger partial charge in [-0.1, -0.05) is 13.8 Å². The zero-order valence-corrected chi connectivity index (χ0v) is 18.2. The smallest absolute Gasteiger partial charge is 0.263 e. The van der Waals surface area contributed by atoms with Gasteiger partial charge >= 0.3 is 0 Å². The van der Waals surface area contributed by atoms with Crippen molar-refractivity contribution in [3.63, 3.8) is 0 Å². The van der Waals surface area contributed by atoms with Crippen molar-refractivity contribution in [3.8, 4) is 0 Å². The van der Waals surface area contributed by atoms with Crippen LogP contribution in [-0.4, -0.2) is 21.2 Å². The summed E-state index contributed by atoms with van der Waals surface area (Å²) in [7, 11) is 0. The molecule has 2 heterocycles. The summed E-state index contributed by atoms with van der Waals surface area (Å²) in [5, 5.41) is 3.54. The van der Waals surface area contributed by atoms with E-state index in [9.17, 15) is 14.4 Å². The molecule has 6 nitrogen and oxygen atoms in total. The first kappa shape index (κ1) is 20.5. The molecule has 30 heavy (non-hydrogen) atoms. The maximum Gasteiger partial charge on any atom is 0.263 e. The van der Waals surface area contributed by atoms with Crippen LogP contribution in [0.15, 0.2) is 35.4 Å². The van der Waals surface area contributed by atoms with E-state index in [0.29, 0.717) is 29.0 Å². The van der Waals surface area contributed by atoms with Gasteiger partial charge in [-0.25, -0.2) is 4.98 Å². The molecule has 1 aromatic carbocycles. The Morgan fingerprint density at radius 1 is 1.30 bits per heavy atom. The number of amides is 1. The van der Waals surface area contributed by atoms with Crippen LogP contribution in [0.2, 0.25) is 0 Å². The van der Waals surface area contributed by atoms with E-state index in [1.165, 1.54) is 22.7 Å².